The molecule has 0 bridgehead atoms. The fourth-order valence-electron chi connectivity index (χ4n) is 0.258. The Bertz CT molecular complexity index is 29.6. The molecule has 0 heterocycles. The van der Waals surface area contributed by atoms with Gasteiger partial charge in [0, 0.05) is 7.11 Å². The van der Waals surface area contributed by atoms with Crippen molar-refractivity contribution in [2.75, 3.05) is 13.0 Å². The Morgan fingerprint density at radius 3 is 2.43 bits per heavy atom. The maximum atomic E-state index is 5.40. The summed E-state index contributed by atoms with van der Waals surface area (Å²) in [4.78, 5) is 0. The molecule has 0 aliphatic rings. The third kappa shape index (κ3) is 2.77. The van der Waals surface area contributed by atoms with Gasteiger partial charge in [0.15, 0.2) is 0 Å². The molecule has 42 valence electrons. The molecule has 1 nitrogen and oxygen atoms in total. The van der Waals surface area contributed by atoms with Gasteiger partial charge in [0.2, 0.25) is 0 Å². The molecule has 0 aromatic rings. The van der Waals surface area contributed by atoms with Gasteiger partial charge in [-0.2, -0.15) is 0 Å². The molecule has 0 N–H and O–H groups in total. The number of ether oxygens (including phenoxy) is 1. The van der Waals surface area contributed by atoms with Crippen LogP contribution in [0.2, 0.25) is 0 Å². The average Bonchev–Trinajstić information content (AvgIpc) is 1.72. The summed E-state index contributed by atoms with van der Waals surface area (Å²) in [5, 5.41) is 0. The van der Waals surface area contributed by atoms with Gasteiger partial charge in [0.1, 0.15) is 12.5 Å². The molecule has 0 saturated heterocycles. The van der Waals surface area contributed by atoms with Gasteiger partial charge in [-0.1, -0.05) is 0 Å². The van der Waals surface area contributed by atoms with E-state index in [2.05, 4.69) is 6.92 Å². The highest BCUT2D eigenvalue weighted by molar-refractivity contribution is 6.18. The second-order valence-corrected chi connectivity index (χ2v) is 1.61. The molecular formula is C5H10ClO+. The zero-order valence-corrected chi connectivity index (χ0v) is 5.24. The van der Waals surface area contributed by atoms with Gasteiger partial charge < -0.3 is 4.74 Å². The smallest absolute Gasteiger partial charge is 0.112 e. The van der Waals surface area contributed by atoms with Gasteiger partial charge in [-0.3, -0.25) is 0 Å². The number of hydrogen-bond acceptors (Lipinski definition) is 1. The van der Waals surface area contributed by atoms with E-state index in [0.29, 0.717) is 5.88 Å². The Hall–Kier alpha value is 0.120. The molecule has 7 heavy (non-hydrogen) atoms. The fraction of sp³-hybridized carbons (Fsp3) is 0.800. The minimum atomic E-state index is 0.140. The minimum absolute atomic E-state index is 0.140. The van der Waals surface area contributed by atoms with E-state index in [-0.39, 0.29) is 6.10 Å². The van der Waals surface area contributed by atoms with E-state index in [4.69, 9.17) is 16.3 Å². The van der Waals surface area contributed by atoms with Gasteiger partial charge in [-0.25, -0.2) is 0 Å². The first-order chi connectivity index (χ1) is 3.35. The molecule has 1 atom stereocenters. The lowest BCUT2D eigenvalue weighted by atomic mass is 10.3. The van der Waals surface area contributed by atoms with Crippen molar-refractivity contribution in [3.05, 3.63) is 6.92 Å². The molecular weight excluding hydrogens is 112 g/mol. The van der Waals surface area contributed by atoms with Crippen LogP contribution in [0.4, 0.5) is 0 Å². The molecule has 0 aromatic heterocycles. The summed E-state index contributed by atoms with van der Waals surface area (Å²) in [6, 6.07) is 0. The number of alkyl halides is 1. The highest BCUT2D eigenvalue weighted by atomic mass is 35.5. The van der Waals surface area contributed by atoms with Gasteiger partial charge in [-0.15, -0.1) is 11.6 Å². The second kappa shape index (κ2) is 4.28. The topological polar surface area (TPSA) is 9.23 Å². The van der Waals surface area contributed by atoms with Crippen molar-refractivity contribution in [1.29, 1.82) is 0 Å². The Labute approximate surface area is 49.6 Å². The third-order valence-electron chi connectivity index (χ3n) is 0.827. The van der Waals surface area contributed by atoms with Gasteiger partial charge in [0.05, 0.1) is 12.8 Å². The first kappa shape index (κ1) is 7.12. The van der Waals surface area contributed by atoms with E-state index in [1.807, 2.05) is 0 Å². The van der Waals surface area contributed by atoms with Crippen molar-refractivity contribution in [1.82, 2.24) is 0 Å². The summed E-state index contributed by atoms with van der Waals surface area (Å²) in [7, 11) is 1.64. The lowest BCUT2D eigenvalue weighted by molar-refractivity contribution is 0.123. The SMILES string of the molecule is [CH2+]CC(CCl)OC. The zero-order valence-electron chi connectivity index (χ0n) is 4.48. The highest BCUT2D eigenvalue weighted by Crippen LogP contribution is 1.96. The van der Waals surface area contributed by atoms with Crippen LogP contribution in [0, 0.1) is 6.92 Å². The van der Waals surface area contributed by atoms with Crippen LogP contribution < -0.4 is 0 Å². The van der Waals surface area contributed by atoms with Crippen molar-refractivity contribution in [3.8, 4) is 0 Å². The zero-order chi connectivity index (χ0) is 5.70. The fourth-order valence-corrected chi connectivity index (χ4v) is 0.538. The molecule has 0 fully saturated rings. The summed E-state index contributed by atoms with van der Waals surface area (Å²) in [6.07, 6.45) is 0.890. The number of hydrogen-bond donors (Lipinski definition) is 0. The molecule has 0 saturated carbocycles. The molecule has 1 unspecified atom stereocenters. The maximum Gasteiger partial charge on any atom is 0.112 e. The molecule has 0 aromatic carbocycles. The van der Waals surface area contributed by atoms with E-state index < -0.39 is 0 Å². The van der Waals surface area contributed by atoms with Gasteiger partial charge in [-0.05, 0) is 0 Å². The third-order valence-corrected chi connectivity index (χ3v) is 1.17. The lowest BCUT2D eigenvalue weighted by Crippen LogP contribution is -2.09. The van der Waals surface area contributed by atoms with E-state index in [9.17, 15) is 0 Å². The highest BCUT2D eigenvalue weighted by Gasteiger charge is 2.02. The Kier molecular flexibility index (Phi) is 4.36. The molecule has 0 amide bonds. The number of methoxy groups -OCH3 is 1. The lowest BCUT2D eigenvalue weighted by Gasteiger charge is -2.01. The maximum absolute atomic E-state index is 5.40. The van der Waals surface area contributed by atoms with E-state index in [1.54, 1.807) is 7.11 Å². The Morgan fingerprint density at radius 2 is 2.43 bits per heavy atom. The summed E-state index contributed by atoms with van der Waals surface area (Å²) >= 11 is 5.40. The minimum Gasteiger partial charge on any atom is -0.376 e. The van der Waals surface area contributed by atoms with Crippen LogP contribution in [-0.2, 0) is 4.74 Å². The van der Waals surface area contributed by atoms with E-state index in [0.717, 1.165) is 6.42 Å². The molecule has 2 heteroatoms. The van der Waals surface area contributed by atoms with Crippen LogP contribution in [0.25, 0.3) is 0 Å². The Balaban J connectivity index is 2.99. The van der Waals surface area contributed by atoms with Crippen LogP contribution in [0.15, 0.2) is 0 Å². The normalized spacial score (nSPS) is 14.0. The predicted molar refractivity (Wildman–Crippen MR) is 31.5 cm³/mol. The molecule has 0 aliphatic heterocycles. The molecule has 0 aliphatic carbocycles. The summed E-state index contributed by atoms with van der Waals surface area (Å²) in [6.45, 7) is 3.62. The van der Waals surface area contributed by atoms with Gasteiger partial charge >= 0.3 is 0 Å². The van der Waals surface area contributed by atoms with Crippen LogP contribution >= 0.6 is 11.6 Å². The van der Waals surface area contributed by atoms with Crippen LogP contribution in [-0.4, -0.2) is 19.1 Å². The van der Waals surface area contributed by atoms with Crippen LogP contribution in [0.3, 0.4) is 0 Å². The van der Waals surface area contributed by atoms with E-state index in [1.165, 1.54) is 0 Å². The predicted octanol–water partition coefficient (Wildman–Crippen LogP) is 1.46. The van der Waals surface area contributed by atoms with E-state index >= 15 is 0 Å². The average molecular weight is 122 g/mol. The van der Waals surface area contributed by atoms with Crippen molar-refractivity contribution in [2.45, 2.75) is 12.5 Å². The van der Waals surface area contributed by atoms with Gasteiger partial charge in [0.25, 0.3) is 0 Å². The monoisotopic (exact) mass is 121 g/mol. The van der Waals surface area contributed by atoms with Crippen molar-refractivity contribution in [3.63, 3.8) is 0 Å². The van der Waals surface area contributed by atoms with Crippen molar-refractivity contribution in [2.24, 2.45) is 0 Å². The molecule has 0 radical (unpaired) electrons. The first-order valence-corrected chi connectivity index (χ1v) is 2.76. The molecule has 0 rings (SSSR count). The quantitative estimate of drug-likeness (QED) is 0.406. The second-order valence-electron chi connectivity index (χ2n) is 1.30. The summed E-state index contributed by atoms with van der Waals surface area (Å²) in [5.41, 5.74) is 0. The molecule has 0 spiro atoms. The standard InChI is InChI=1S/C5H10ClO/c1-3-5(4-6)7-2/h5H,1,3-4H2,2H3/q+1. The summed E-state index contributed by atoms with van der Waals surface area (Å²) in [5.74, 6) is 0.542. The number of rotatable bonds is 3. The van der Waals surface area contributed by atoms with Crippen LogP contribution in [0.1, 0.15) is 6.42 Å². The van der Waals surface area contributed by atoms with Crippen LogP contribution in [0.5, 0.6) is 0 Å². The van der Waals surface area contributed by atoms with Crippen molar-refractivity contribution < 1.29 is 4.74 Å². The first-order valence-electron chi connectivity index (χ1n) is 2.23. The summed E-state index contributed by atoms with van der Waals surface area (Å²) < 4.78 is 4.85. The number of halogens is 1. The Morgan fingerprint density at radius 1 is 1.86 bits per heavy atom. The van der Waals surface area contributed by atoms with Crippen molar-refractivity contribution >= 4 is 11.6 Å². The largest absolute Gasteiger partial charge is 0.376 e.